The van der Waals surface area contributed by atoms with Gasteiger partial charge < -0.3 is 15.1 Å². The summed E-state index contributed by atoms with van der Waals surface area (Å²) in [7, 11) is 0. The largest absolute Gasteiger partial charge is 0.407 e. The van der Waals surface area contributed by atoms with Gasteiger partial charge in [-0.2, -0.15) is 0 Å². The number of piperidine rings is 1. The van der Waals surface area contributed by atoms with Crippen molar-refractivity contribution < 1.29 is 14.0 Å². The van der Waals surface area contributed by atoms with E-state index in [9.17, 15) is 9.59 Å². The molecule has 1 aliphatic rings. The van der Waals surface area contributed by atoms with Crippen LogP contribution in [0.15, 0.2) is 4.42 Å². The first-order valence-corrected chi connectivity index (χ1v) is 6.32. The minimum absolute atomic E-state index is 0.197. The van der Waals surface area contributed by atoms with Gasteiger partial charge in [-0.3, -0.25) is 14.9 Å². The maximum atomic E-state index is 11.5. The molecule has 1 aliphatic heterocycles. The smallest absolute Gasteiger partial charge is 0.316 e. The van der Waals surface area contributed by atoms with Gasteiger partial charge in [0.05, 0.1) is 6.54 Å². The molecule has 0 radical (unpaired) electrons. The summed E-state index contributed by atoms with van der Waals surface area (Å²) < 4.78 is 5.35. The molecule has 0 spiro atoms. The number of carbonyl (C=O) groups excluding carboxylic acids is 2. The molecule has 2 heterocycles. The number of rotatable bonds is 6. The fourth-order valence-electron chi connectivity index (χ4n) is 1.74. The highest BCUT2D eigenvalue weighted by atomic mass is 16.4. The van der Waals surface area contributed by atoms with Crippen LogP contribution in [0.3, 0.4) is 0 Å². The molecular weight excluding hydrogens is 250 g/mol. The van der Waals surface area contributed by atoms with Gasteiger partial charge in [-0.15, -0.1) is 5.10 Å². The van der Waals surface area contributed by atoms with Crippen molar-refractivity contribution in [1.82, 2.24) is 20.8 Å². The van der Waals surface area contributed by atoms with Crippen LogP contribution in [0, 0.1) is 0 Å². The monoisotopic (exact) mass is 267 g/mol. The molecule has 0 saturated carbocycles. The van der Waals surface area contributed by atoms with Crippen LogP contribution in [-0.4, -0.2) is 34.6 Å². The lowest BCUT2D eigenvalue weighted by molar-refractivity contribution is -0.133. The average Bonchev–Trinajstić information content (AvgIpc) is 2.81. The van der Waals surface area contributed by atoms with Gasteiger partial charge in [-0.05, 0) is 19.4 Å². The van der Waals surface area contributed by atoms with Crippen molar-refractivity contribution in [3.8, 4) is 0 Å². The van der Waals surface area contributed by atoms with Crippen LogP contribution in [0.25, 0.3) is 0 Å². The molecular formula is C11H17N5O3. The van der Waals surface area contributed by atoms with E-state index < -0.39 is 6.04 Å². The minimum atomic E-state index is -0.505. The number of amides is 2. The molecule has 2 rings (SSSR count). The fourth-order valence-corrected chi connectivity index (χ4v) is 1.74. The number of nitrogens with zero attached hydrogens (tertiary/aromatic N) is 2. The van der Waals surface area contributed by atoms with Crippen molar-refractivity contribution in [2.24, 2.45) is 0 Å². The number of imide groups is 1. The zero-order valence-electron chi connectivity index (χ0n) is 10.7. The van der Waals surface area contributed by atoms with Gasteiger partial charge >= 0.3 is 6.01 Å². The Labute approximate surface area is 110 Å². The molecule has 0 aromatic carbocycles. The van der Waals surface area contributed by atoms with Gasteiger partial charge in [0.1, 0.15) is 6.04 Å². The summed E-state index contributed by atoms with van der Waals surface area (Å²) in [6.07, 6.45) is 1.76. The average molecular weight is 267 g/mol. The first-order valence-electron chi connectivity index (χ1n) is 6.32. The molecule has 8 nitrogen and oxygen atoms in total. The Morgan fingerprint density at radius 3 is 3.00 bits per heavy atom. The molecule has 3 N–H and O–H groups in total. The first kappa shape index (κ1) is 13.5. The number of anilines is 1. The van der Waals surface area contributed by atoms with Crippen molar-refractivity contribution >= 4 is 17.8 Å². The van der Waals surface area contributed by atoms with Crippen molar-refractivity contribution in [3.63, 3.8) is 0 Å². The summed E-state index contributed by atoms with van der Waals surface area (Å²) >= 11 is 0. The van der Waals surface area contributed by atoms with Crippen molar-refractivity contribution in [3.05, 3.63) is 5.89 Å². The minimum Gasteiger partial charge on any atom is -0.407 e. The molecule has 1 aromatic heterocycles. The molecule has 104 valence electrons. The predicted molar refractivity (Wildman–Crippen MR) is 66.1 cm³/mol. The quantitative estimate of drug-likeness (QED) is 0.483. The SMILES string of the molecule is CCCNCc1nnc(NC2CCC(=O)NC2=O)o1. The molecule has 1 saturated heterocycles. The van der Waals surface area contributed by atoms with Gasteiger partial charge in [-0.25, -0.2) is 0 Å². The summed E-state index contributed by atoms with van der Waals surface area (Å²) in [5.74, 6) is -0.151. The normalized spacial score (nSPS) is 19.3. The Balaban J connectivity index is 1.85. The van der Waals surface area contributed by atoms with E-state index in [2.05, 4.69) is 33.1 Å². The Morgan fingerprint density at radius 1 is 1.42 bits per heavy atom. The van der Waals surface area contributed by atoms with Crippen LogP contribution in [0.4, 0.5) is 6.01 Å². The van der Waals surface area contributed by atoms with Gasteiger partial charge in [0.25, 0.3) is 0 Å². The number of hydrogen-bond donors (Lipinski definition) is 3. The lowest BCUT2D eigenvalue weighted by Crippen LogP contribution is -2.47. The number of hydrogen-bond acceptors (Lipinski definition) is 7. The highest BCUT2D eigenvalue weighted by molar-refractivity contribution is 6.01. The Morgan fingerprint density at radius 2 is 2.26 bits per heavy atom. The second-order valence-electron chi connectivity index (χ2n) is 4.33. The molecule has 8 heteroatoms. The second kappa shape index (κ2) is 6.28. The summed E-state index contributed by atoms with van der Waals surface area (Å²) in [6.45, 7) is 3.44. The van der Waals surface area contributed by atoms with E-state index >= 15 is 0 Å². The third-order valence-corrected chi connectivity index (χ3v) is 2.71. The van der Waals surface area contributed by atoms with Crippen LogP contribution in [0.1, 0.15) is 32.1 Å². The van der Waals surface area contributed by atoms with Crippen LogP contribution in [0.5, 0.6) is 0 Å². The van der Waals surface area contributed by atoms with E-state index in [1.807, 2.05) is 0 Å². The summed E-state index contributed by atoms with van der Waals surface area (Å²) in [6, 6.07) is -0.308. The maximum Gasteiger partial charge on any atom is 0.316 e. The molecule has 1 atom stereocenters. The van der Waals surface area contributed by atoms with E-state index in [4.69, 9.17) is 4.42 Å². The lowest BCUT2D eigenvalue weighted by atomic mass is 10.1. The van der Waals surface area contributed by atoms with Gasteiger partial charge in [0.15, 0.2) is 0 Å². The summed E-state index contributed by atoms with van der Waals surface area (Å²) in [4.78, 5) is 22.5. The van der Waals surface area contributed by atoms with Crippen molar-refractivity contribution in [2.75, 3.05) is 11.9 Å². The summed E-state index contributed by atoms with van der Waals surface area (Å²) in [5.41, 5.74) is 0. The van der Waals surface area contributed by atoms with Crippen LogP contribution in [0.2, 0.25) is 0 Å². The number of carbonyl (C=O) groups is 2. The third kappa shape index (κ3) is 3.75. The first-order chi connectivity index (χ1) is 9.19. The zero-order chi connectivity index (χ0) is 13.7. The Hall–Kier alpha value is -1.96. The van der Waals surface area contributed by atoms with E-state index in [1.165, 1.54) is 0 Å². The van der Waals surface area contributed by atoms with Crippen LogP contribution < -0.4 is 16.0 Å². The third-order valence-electron chi connectivity index (χ3n) is 2.71. The van der Waals surface area contributed by atoms with Gasteiger partial charge in [0.2, 0.25) is 17.7 Å². The van der Waals surface area contributed by atoms with E-state index in [-0.39, 0.29) is 17.8 Å². The topological polar surface area (TPSA) is 109 Å². The van der Waals surface area contributed by atoms with E-state index in [0.717, 1.165) is 13.0 Å². The molecule has 1 fully saturated rings. The van der Waals surface area contributed by atoms with Gasteiger partial charge in [0, 0.05) is 6.42 Å². The Bertz CT molecular complexity index is 459. The molecule has 1 aromatic rings. The van der Waals surface area contributed by atoms with Gasteiger partial charge in [-0.1, -0.05) is 12.0 Å². The van der Waals surface area contributed by atoms with E-state index in [1.54, 1.807) is 0 Å². The zero-order valence-corrected chi connectivity index (χ0v) is 10.7. The number of aromatic nitrogens is 2. The lowest BCUT2D eigenvalue weighted by Gasteiger charge is -2.20. The molecule has 19 heavy (non-hydrogen) atoms. The van der Waals surface area contributed by atoms with Crippen molar-refractivity contribution in [1.29, 1.82) is 0 Å². The predicted octanol–water partition coefficient (Wildman–Crippen LogP) is -0.214. The summed E-state index contributed by atoms with van der Waals surface area (Å²) in [5, 5.41) is 15.9. The van der Waals surface area contributed by atoms with Crippen LogP contribution >= 0.6 is 0 Å². The highest BCUT2D eigenvalue weighted by Crippen LogP contribution is 2.12. The molecule has 2 amide bonds. The standard InChI is InChI=1S/C11H17N5O3/c1-2-5-12-6-9-15-16-11(19-9)13-7-3-4-8(17)14-10(7)18/h7,12H,2-6H2,1H3,(H,13,16)(H,14,17,18). The van der Waals surface area contributed by atoms with Crippen LogP contribution in [-0.2, 0) is 16.1 Å². The molecule has 1 unspecified atom stereocenters. The number of nitrogens with one attached hydrogen (secondary N) is 3. The fraction of sp³-hybridized carbons (Fsp3) is 0.636. The second-order valence-corrected chi connectivity index (χ2v) is 4.33. The van der Waals surface area contributed by atoms with E-state index in [0.29, 0.717) is 25.3 Å². The Kier molecular flexibility index (Phi) is 4.45. The molecule has 0 bridgehead atoms. The maximum absolute atomic E-state index is 11.5. The molecule has 0 aliphatic carbocycles. The van der Waals surface area contributed by atoms with Crippen molar-refractivity contribution in [2.45, 2.75) is 38.8 Å². The highest BCUT2D eigenvalue weighted by Gasteiger charge is 2.27.